The maximum atomic E-state index is 12.1. The van der Waals surface area contributed by atoms with Crippen molar-refractivity contribution < 1.29 is 23.8 Å². The zero-order chi connectivity index (χ0) is 15.4. The van der Waals surface area contributed by atoms with E-state index in [9.17, 15) is 9.59 Å². The van der Waals surface area contributed by atoms with Gasteiger partial charge in [0.05, 0.1) is 0 Å². The molecule has 1 aromatic heterocycles. The van der Waals surface area contributed by atoms with E-state index in [1.54, 1.807) is 21.1 Å². The molecule has 0 N–H and O–H groups in total. The minimum absolute atomic E-state index is 0.127. The van der Waals surface area contributed by atoms with Crippen molar-refractivity contribution in [3.05, 3.63) is 22.6 Å². The molecule has 112 valence electrons. The number of fused-ring (bicyclic) bond motifs is 1. The van der Waals surface area contributed by atoms with E-state index < -0.39 is 5.97 Å². The van der Waals surface area contributed by atoms with Crippen molar-refractivity contribution in [1.29, 1.82) is 0 Å². The van der Waals surface area contributed by atoms with Gasteiger partial charge in [-0.1, -0.05) is 0 Å². The van der Waals surface area contributed by atoms with Gasteiger partial charge in [-0.15, -0.1) is 0 Å². The fourth-order valence-corrected chi connectivity index (χ4v) is 4.05. The van der Waals surface area contributed by atoms with E-state index in [4.69, 9.17) is 14.2 Å². The third-order valence-electron chi connectivity index (χ3n) is 2.91. The van der Waals surface area contributed by atoms with Crippen LogP contribution in [0, 0.1) is 0 Å². The van der Waals surface area contributed by atoms with Gasteiger partial charge in [-0.3, -0.25) is 0 Å². The monoisotopic (exact) mass is 356 g/mol. The van der Waals surface area contributed by atoms with Gasteiger partial charge in [0.2, 0.25) is 0 Å². The fourth-order valence-electron chi connectivity index (χ4n) is 1.93. The van der Waals surface area contributed by atoms with Crippen molar-refractivity contribution in [3.8, 4) is 11.5 Å². The number of esters is 1. The summed E-state index contributed by atoms with van der Waals surface area (Å²) in [6, 6.07) is 5.55. The molecule has 1 heterocycles. The molecule has 0 radical (unpaired) electrons. The zero-order valence-corrected chi connectivity index (χ0v) is 13.8. The first-order valence-electron chi connectivity index (χ1n) is 6.43. The summed E-state index contributed by atoms with van der Waals surface area (Å²) in [4.78, 5) is 23.5. The molecule has 0 aliphatic rings. The standard InChI is InChI=1S/C15H16O5Se/c1-4-20-15(17)7-10(16)14-6-9-5-11(18-2)12(19-3)8-13(9)21-14/h5-6,8H,4,7H2,1-3H3. The summed E-state index contributed by atoms with van der Waals surface area (Å²) in [5.74, 6) is 0.612. The predicted molar refractivity (Wildman–Crippen MR) is 79.6 cm³/mol. The van der Waals surface area contributed by atoms with Crippen LogP contribution in [0.3, 0.4) is 0 Å². The topological polar surface area (TPSA) is 61.8 Å². The Bertz CT molecular complexity index is 633. The van der Waals surface area contributed by atoms with Gasteiger partial charge in [0.25, 0.3) is 0 Å². The third kappa shape index (κ3) is 3.46. The molecule has 0 amide bonds. The normalized spacial score (nSPS) is 10.4. The average Bonchev–Trinajstić information content (AvgIpc) is 2.88. The molecule has 0 aliphatic carbocycles. The van der Waals surface area contributed by atoms with Crippen molar-refractivity contribution in [1.82, 2.24) is 0 Å². The molecule has 0 saturated heterocycles. The molecule has 2 rings (SSSR count). The number of carbonyl (C=O) groups is 2. The second-order valence-electron chi connectivity index (χ2n) is 4.26. The van der Waals surface area contributed by atoms with Crippen LogP contribution in [0.4, 0.5) is 0 Å². The number of benzene rings is 1. The van der Waals surface area contributed by atoms with Gasteiger partial charge < -0.3 is 0 Å². The molecule has 0 spiro atoms. The zero-order valence-electron chi connectivity index (χ0n) is 12.1. The molecule has 0 saturated carbocycles. The summed E-state index contributed by atoms with van der Waals surface area (Å²) in [6.45, 7) is 2.00. The van der Waals surface area contributed by atoms with Gasteiger partial charge in [0.15, 0.2) is 0 Å². The first-order valence-corrected chi connectivity index (χ1v) is 8.14. The Morgan fingerprint density at radius 1 is 1.10 bits per heavy atom. The summed E-state index contributed by atoms with van der Waals surface area (Å²) in [5.41, 5.74) is 0. The van der Waals surface area contributed by atoms with Crippen molar-refractivity contribution in [2.75, 3.05) is 20.8 Å². The quantitative estimate of drug-likeness (QED) is 0.344. The van der Waals surface area contributed by atoms with Gasteiger partial charge in [-0.05, 0) is 0 Å². The van der Waals surface area contributed by atoms with Crippen LogP contribution < -0.4 is 9.47 Å². The number of rotatable bonds is 6. The molecule has 0 bridgehead atoms. The molecule has 21 heavy (non-hydrogen) atoms. The van der Waals surface area contributed by atoms with E-state index >= 15 is 0 Å². The first-order chi connectivity index (χ1) is 10.1. The van der Waals surface area contributed by atoms with E-state index in [1.165, 1.54) is 0 Å². The third-order valence-corrected chi connectivity index (χ3v) is 5.30. The second kappa shape index (κ2) is 6.78. The van der Waals surface area contributed by atoms with Crippen LogP contribution in [-0.2, 0) is 9.53 Å². The molecule has 6 heteroatoms. The molecule has 0 atom stereocenters. The Hall–Kier alpha value is -1.78. The van der Waals surface area contributed by atoms with Crippen LogP contribution in [0.1, 0.15) is 22.6 Å². The average molecular weight is 355 g/mol. The van der Waals surface area contributed by atoms with E-state index in [0.717, 1.165) is 9.65 Å². The molecular weight excluding hydrogens is 339 g/mol. The van der Waals surface area contributed by atoms with Crippen LogP contribution in [0.15, 0.2) is 18.2 Å². The Labute approximate surface area is 128 Å². The Balaban J connectivity index is 2.30. The Kier molecular flexibility index (Phi) is 5.04. The number of Topliss-reactive ketones (excluding diaryl/α,β-unsaturated/α-hetero) is 1. The van der Waals surface area contributed by atoms with Gasteiger partial charge in [-0.2, -0.15) is 0 Å². The van der Waals surface area contributed by atoms with Crippen molar-refractivity contribution in [2.24, 2.45) is 0 Å². The SMILES string of the molecule is CCOC(=O)CC(=O)c1cc2cc(OC)c(OC)cc2[se]1. The Morgan fingerprint density at radius 2 is 1.76 bits per heavy atom. The summed E-state index contributed by atoms with van der Waals surface area (Å²) in [7, 11) is 3.15. The molecular formula is C15H16O5Se. The number of ketones is 1. The molecule has 0 aliphatic heterocycles. The van der Waals surface area contributed by atoms with E-state index in [0.29, 0.717) is 15.9 Å². The van der Waals surface area contributed by atoms with Crippen LogP contribution in [0.2, 0.25) is 0 Å². The maximum absolute atomic E-state index is 12.1. The summed E-state index contributed by atoms with van der Waals surface area (Å²) in [5, 5.41) is 0.944. The van der Waals surface area contributed by atoms with Crippen molar-refractivity contribution in [2.45, 2.75) is 13.3 Å². The van der Waals surface area contributed by atoms with E-state index in [2.05, 4.69) is 0 Å². The molecule has 0 fully saturated rings. The van der Waals surface area contributed by atoms with Crippen molar-refractivity contribution in [3.63, 3.8) is 0 Å². The molecule has 1 aromatic carbocycles. The van der Waals surface area contributed by atoms with E-state index in [-0.39, 0.29) is 33.3 Å². The molecule has 2 aromatic rings. The van der Waals surface area contributed by atoms with Crippen LogP contribution in [-0.4, -0.2) is 47.1 Å². The number of hydrogen-bond donors (Lipinski definition) is 0. The summed E-state index contributed by atoms with van der Waals surface area (Å²) in [6.07, 6.45) is -0.205. The van der Waals surface area contributed by atoms with Crippen molar-refractivity contribution >= 4 is 35.9 Å². The van der Waals surface area contributed by atoms with E-state index in [1.807, 2.05) is 18.2 Å². The number of hydrogen-bond acceptors (Lipinski definition) is 5. The summed E-state index contributed by atoms with van der Waals surface area (Å²) >= 11 is -0.127. The van der Waals surface area contributed by atoms with Gasteiger partial charge in [0, 0.05) is 0 Å². The van der Waals surface area contributed by atoms with Crippen LogP contribution >= 0.6 is 0 Å². The molecule has 5 nitrogen and oxygen atoms in total. The predicted octanol–water partition coefficient (Wildman–Crippen LogP) is 2.05. The summed E-state index contributed by atoms with van der Waals surface area (Å²) < 4.78 is 17.0. The fraction of sp³-hybridized carbons (Fsp3) is 0.333. The first kappa shape index (κ1) is 15.6. The Morgan fingerprint density at radius 3 is 2.38 bits per heavy atom. The van der Waals surface area contributed by atoms with Crippen LogP contribution in [0.25, 0.3) is 9.65 Å². The van der Waals surface area contributed by atoms with Gasteiger partial charge in [-0.25, -0.2) is 0 Å². The number of ether oxygens (including phenoxy) is 3. The molecule has 0 unspecified atom stereocenters. The second-order valence-corrected chi connectivity index (χ2v) is 6.53. The number of methoxy groups -OCH3 is 2. The van der Waals surface area contributed by atoms with Gasteiger partial charge >= 0.3 is 128 Å². The minimum atomic E-state index is -0.481. The number of carbonyl (C=O) groups excluding carboxylic acids is 2. The van der Waals surface area contributed by atoms with Gasteiger partial charge in [0.1, 0.15) is 0 Å². The van der Waals surface area contributed by atoms with Crippen LogP contribution in [0.5, 0.6) is 11.5 Å².